The van der Waals surface area contributed by atoms with Gasteiger partial charge < -0.3 is 10.6 Å². The number of hydrogen-bond acceptors (Lipinski definition) is 3. The summed E-state index contributed by atoms with van der Waals surface area (Å²) in [5.74, 6) is -0.676. The molecule has 2 aromatic rings. The van der Waals surface area contributed by atoms with Gasteiger partial charge in [-0.15, -0.1) is 11.8 Å². The van der Waals surface area contributed by atoms with Gasteiger partial charge in [0.05, 0.1) is 11.0 Å². The van der Waals surface area contributed by atoms with Crippen molar-refractivity contribution in [3.63, 3.8) is 0 Å². The zero-order valence-electron chi connectivity index (χ0n) is 12.9. The van der Waals surface area contributed by atoms with Crippen LogP contribution in [0.5, 0.6) is 0 Å². The Labute approximate surface area is 148 Å². The van der Waals surface area contributed by atoms with Gasteiger partial charge in [-0.3, -0.25) is 9.59 Å². The third kappa shape index (κ3) is 5.86. The molecule has 2 rings (SSSR count). The maximum atomic E-state index is 12.8. The van der Waals surface area contributed by atoms with E-state index in [2.05, 4.69) is 10.6 Å². The summed E-state index contributed by atoms with van der Waals surface area (Å²) in [5, 5.41) is 5.57. The first-order valence-electron chi connectivity index (χ1n) is 7.17. The summed E-state index contributed by atoms with van der Waals surface area (Å²) in [4.78, 5) is 23.9. The molecular formula is C17H16ClFN2O2S. The highest BCUT2D eigenvalue weighted by Crippen LogP contribution is 2.17. The standard InChI is InChI=1S/C17H16ClFN2O2S/c1-11(17(23)21-15-8-4-13(19)5-9-15)24-10-16(22)20-14-6-2-12(18)3-7-14/h2-9,11H,10H2,1H3,(H,20,22)(H,21,23). The Kier molecular flexibility index (Phi) is 6.63. The molecule has 0 bridgehead atoms. The van der Waals surface area contributed by atoms with Gasteiger partial charge in [-0.1, -0.05) is 11.6 Å². The molecule has 0 aliphatic carbocycles. The predicted octanol–water partition coefficient (Wildman–Crippen LogP) is 4.18. The smallest absolute Gasteiger partial charge is 0.237 e. The molecule has 0 aliphatic heterocycles. The van der Waals surface area contributed by atoms with Crippen LogP contribution in [0.3, 0.4) is 0 Å². The average molecular weight is 367 g/mol. The summed E-state index contributed by atoms with van der Waals surface area (Å²) in [5.41, 5.74) is 1.16. The van der Waals surface area contributed by atoms with E-state index < -0.39 is 5.25 Å². The summed E-state index contributed by atoms with van der Waals surface area (Å²) >= 11 is 6.99. The molecule has 7 heteroatoms. The van der Waals surface area contributed by atoms with Gasteiger partial charge in [-0.2, -0.15) is 0 Å². The van der Waals surface area contributed by atoms with Gasteiger partial charge in [-0.05, 0) is 55.5 Å². The lowest BCUT2D eigenvalue weighted by Crippen LogP contribution is -2.25. The van der Waals surface area contributed by atoms with Crippen LogP contribution in [0.1, 0.15) is 6.92 Å². The third-order valence-corrected chi connectivity index (χ3v) is 4.47. The highest BCUT2D eigenvalue weighted by molar-refractivity contribution is 8.01. The van der Waals surface area contributed by atoms with Crippen LogP contribution in [0, 0.1) is 5.82 Å². The van der Waals surface area contributed by atoms with Crippen LogP contribution in [0.25, 0.3) is 0 Å². The van der Waals surface area contributed by atoms with Gasteiger partial charge in [0.2, 0.25) is 11.8 Å². The van der Waals surface area contributed by atoms with Crippen molar-refractivity contribution in [3.05, 3.63) is 59.4 Å². The lowest BCUT2D eigenvalue weighted by atomic mass is 10.3. The number of anilines is 2. The van der Waals surface area contributed by atoms with Crippen LogP contribution in [-0.2, 0) is 9.59 Å². The second-order valence-corrected chi connectivity index (χ2v) is 6.77. The van der Waals surface area contributed by atoms with Gasteiger partial charge >= 0.3 is 0 Å². The van der Waals surface area contributed by atoms with E-state index in [0.717, 1.165) is 0 Å². The third-order valence-electron chi connectivity index (χ3n) is 3.07. The van der Waals surface area contributed by atoms with Gasteiger partial charge in [0.25, 0.3) is 0 Å². The number of hydrogen-bond donors (Lipinski definition) is 2. The number of halogens is 2. The molecule has 2 amide bonds. The van der Waals surface area contributed by atoms with Crippen molar-refractivity contribution >= 4 is 46.6 Å². The molecule has 24 heavy (non-hydrogen) atoms. The molecule has 0 saturated heterocycles. The molecule has 0 radical (unpaired) electrons. The summed E-state index contributed by atoms with van der Waals surface area (Å²) in [6.45, 7) is 1.71. The zero-order chi connectivity index (χ0) is 17.5. The van der Waals surface area contributed by atoms with Gasteiger partial charge in [0, 0.05) is 16.4 Å². The number of amides is 2. The number of thioether (sulfide) groups is 1. The minimum absolute atomic E-state index is 0.140. The van der Waals surface area contributed by atoms with Crippen molar-refractivity contribution in [1.29, 1.82) is 0 Å². The first-order valence-corrected chi connectivity index (χ1v) is 8.60. The van der Waals surface area contributed by atoms with Gasteiger partial charge in [0.15, 0.2) is 0 Å². The van der Waals surface area contributed by atoms with Crippen molar-refractivity contribution in [2.24, 2.45) is 0 Å². The molecular weight excluding hydrogens is 351 g/mol. The second-order valence-electron chi connectivity index (χ2n) is 5.00. The first kappa shape index (κ1) is 18.3. The Morgan fingerprint density at radius 3 is 2.21 bits per heavy atom. The van der Waals surface area contributed by atoms with Crippen molar-refractivity contribution in [2.75, 3.05) is 16.4 Å². The molecule has 1 unspecified atom stereocenters. The molecule has 2 N–H and O–H groups in total. The fourth-order valence-corrected chi connectivity index (χ4v) is 2.59. The quantitative estimate of drug-likeness (QED) is 0.806. The van der Waals surface area contributed by atoms with E-state index in [9.17, 15) is 14.0 Å². The van der Waals surface area contributed by atoms with E-state index in [0.29, 0.717) is 16.4 Å². The fraction of sp³-hybridized carbons (Fsp3) is 0.176. The Hall–Kier alpha value is -2.05. The number of benzene rings is 2. The van der Waals surface area contributed by atoms with Crippen LogP contribution < -0.4 is 10.6 Å². The summed E-state index contributed by atoms with van der Waals surface area (Å²) < 4.78 is 12.8. The van der Waals surface area contributed by atoms with E-state index in [1.807, 2.05) is 0 Å². The van der Waals surface area contributed by atoms with E-state index >= 15 is 0 Å². The van der Waals surface area contributed by atoms with Crippen LogP contribution in [0.2, 0.25) is 5.02 Å². The van der Waals surface area contributed by atoms with Crippen LogP contribution in [0.4, 0.5) is 15.8 Å². The Morgan fingerprint density at radius 2 is 1.58 bits per heavy atom. The molecule has 0 fully saturated rings. The van der Waals surface area contributed by atoms with Crippen molar-refractivity contribution in [3.8, 4) is 0 Å². The van der Waals surface area contributed by atoms with Crippen LogP contribution in [0.15, 0.2) is 48.5 Å². The molecule has 126 valence electrons. The van der Waals surface area contributed by atoms with E-state index in [-0.39, 0.29) is 23.4 Å². The summed E-state index contributed by atoms with van der Waals surface area (Å²) in [6.07, 6.45) is 0. The average Bonchev–Trinajstić information content (AvgIpc) is 2.57. The second kappa shape index (κ2) is 8.70. The molecule has 2 aromatic carbocycles. The maximum absolute atomic E-state index is 12.8. The minimum atomic E-state index is -0.425. The van der Waals surface area contributed by atoms with E-state index in [4.69, 9.17) is 11.6 Å². The number of rotatable bonds is 6. The molecule has 0 aliphatic rings. The van der Waals surface area contributed by atoms with Crippen molar-refractivity contribution in [2.45, 2.75) is 12.2 Å². The predicted molar refractivity (Wildman–Crippen MR) is 97.0 cm³/mol. The minimum Gasteiger partial charge on any atom is -0.325 e. The molecule has 0 aromatic heterocycles. The number of carbonyl (C=O) groups excluding carboxylic acids is 2. The highest BCUT2D eigenvalue weighted by Gasteiger charge is 2.15. The normalized spacial score (nSPS) is 11.6. The molecule has 0 saturated carbocycles. The Bertz CT molecular complexity index is 708. The van der Waals surface area contributed by atoms with Gasteiger partial charge in [-0.25, -0.2) is 4.39 Å². The summed E-state index contributed by atoms with van der Waals surface area (Å²) in [6, 6.07) is 12.3. The van der Waals surface area contributed by atoms with Crippen LogP contribution in [-0.4, -0.2) is 22.8 Å². The lowest BCUT2D eigenvalue weighted by Gasteiger charge is -2.12. The Balaban J connectivity index is 1.77. The zero-order valence-corrected chi connectivity index (χ0v) is 14.5. The SMILES string of the molecule is CC(SCC(=O)Nc1ccc(Cl)cc1)C(=O)Nc1ccc(F)cc1. The van der Waals surface area contributed by atoms with E-state index in [1.165, 1.54) is 36.0 Å². The molecule has 4 nitrogen and oxygen atoms in total. The monoisotopic (exact) mass is 366 g/mol. The largest absolute Gasteiger partial charge is 0.325 e. The maximum Gasteiger partial charge on any atom is 0.237 e. The number of carbonyl (C=O) groups is 2. The fourth-order valence-electron chi connectivity index (χ4n) is 1.78. The Morgan fingerprint density at radius 1 is 1.04 bits per heavy atom. The van der Waals surface area contributed by atoms with Crippen molar-refractivity contribution < 1.29 is 14.0 Å². The van der Waals surface area contributed by atoms with Crippen LogP contribution >= 0.6 is 23.4 Å². The highest BCUT2D eigenvalue weighted by atomic mass is 35.5. The van der Waals surface area contributed by atoms with E-state index in [1.54, 1.807) is 31.2 Å². The number of nitrogens with one attached hydrogen (secondary N) is 2. The topological polar surface area (TPSA) is 58.2 Å². The molecule has 0 heterocycles. The van der Waals surface area contributed by atoms with Gasteiger partial charge in [0.1, 0.15) is 5.82 Å². The van der Waals surface area contributed by atoms with Crippen molar-refractivity contribution in [1.82, 2.24) is 0 Å². The molecule has 1 atom stereocenters. The lowest BCUT2D eigenvalue weighted by molar-refractivity contribution is -0.115. The molecule has 0 spiro atoms. The first-order chi connectivity index (χ1) is 11.4. The summed E-state index contributed by atoms with van der Waals surface area (Å²) in [7, 11) is 0.